The topological polar surface area (TPSA) is 169 Å². The molecule has 0 aliphatic carbocycles. The molecule has 0 radical (unpaired) electrons. The van der Waals surface area contributed by atoms with Crippen LogP contribution in [0, 0.1) is 0 Å². The van der Waals surface area contributed by atoms with E-state index in [0.29, 0.717) is 5.02 Å². The van der Waals surface area contributed by atoms with Crippen molar-refractivity contribution < 1.29 is 19.7 Å². The maximum atomic E-state index is 12.1. The number of rotatable bonds is 6. The SMILES string of the molecule is Nc1ncnc(NC2OC(CNC(=O)Cc3ccc(Cl)cc3)C(O)C2O)c1N. The maximum Gasteiger partial charge on any atom is 0.224 e. The molecule has 1 amide bonds. The predicted octanol–water partition coefficient (Wildman–Crippen LogP) is -0.488. The van der Waals surface area contributed by atoms with Crippen LogP contribution in [0.4, 0.5) is 17.3 Å². The molecule has 0 bridgehead atoms. The number of hydrogen-bond acceptors (Lipinski definition) is 9. The van der Waals surface area contributed by atoms with Crippen LogP contribution in [0.25, 0.3) is 0 Å². The first kappa shape index (κ1) is 20.1. The highest BCUT2D eigenvalue weighted by Gasteiger charge is 2.43. The van der Waals surface area contributed by atoms with Gasteiger partial charge in [-0.2, -0.15) is 0 Å². The summed E-state index contributed by atoms with van der Waals surface area (Å²) in [5.41, 5.74) is 12.3. The number of nitrogens with two attached hydrogens (primary N) is 2. The Bertz CT molecular complexity index is 837. The van der Waals surface area contributed by atoms with Crippen LogP contribution >= 0.6 is 11.6 Å². The van der Waals surface area contributed by atoms with E-state index in [0.717, 1.165) is 5.56 Å². The molecule has 1 saturated heterocycles. The second kappa shape index (κ2) is 8.57. The van der Waals surface area contributed by atoms with E-state index in [2.05, 4.69) is 20.6 Å². The number of hydrogen-bond donors (Lipinski definition) is 6. The van der Waals surface area contributed by atoms with Gasteiger partial charge in [0.1, 0.15) is 30.3 Å². The van der Waals surface area contributed by atoms with Gasteiger partial charge < -0.3 is 37.1 Å². The van der Waals surface area contributed by atoms with Crippen LogP contribution in [0.15, 0.2) is 30.6 Å². The van der Waals surface area contributed by atoms with E-state index >= 15 is 0 Å². The van der Waals surface area contributed by atoms with E-state index in [-0.39, 0.29) is 36.2 Å². The van der Waals surface area contributed by atoms with Crippen molar-refractivity contribution in [1.29, 1.82) is 0 Å². The van der Waals surface area contributed by atoms with Crippen molar-refractivity contribution in [3.05, 3.63) is 41.2 Å². The number of benzene rings is 1. The van der Waals surface area contributed by atoms with Crippen molar-refractivity contribution in [1.82, 2.24) is 15.3 Å². The minimum Gasteiger partial charge on any atom is -0.393 e. The Balaban J connectivity index is 1.54. The van der Waals surface area contributed by atoms with Gasteiger partial charge in [0, 0.05) is 11.6 Å². The molecule has 4 unspecified atom stereocenters. The summed E-state index contributed by atoms with van der Waals surface area (Å²) in [6, 6.07) is 6.91. The third-order valence-corrected chi connectivity index (χ3v) is 4.59. The smallest absolute Gasteiger partial charge is 0.224 e. The number of carbonyl (C=O) groups is 1. The molecule has 2 heterocycles. The standard InChI is InChI=1S/C17H21ClN6O4/c18-9-3-1-8(2-4-9)5-11(25)21-6-10-13(26)14(27)17(28-10)24-16-12(19)15(20)22-7-23-16/h1-4,7,10,13-14,17,26-27H,5-6,19H2,(H,21,25)(H3,20,22,23,24). The Morgan fingerprint density at radius 3 is 2.61 bits per heavy atom. The van der Waals surface area contributed by atoms with Crippen LogP contribution in [0.1, 0.15) is 5.56 Å². The number of carbonyl (C=O) groups excluding carboxylic acids is 1. The second-order valence-electron chi connectivity index (χ2n) is 6.35. The zero-order chi connectivity index (χ0) is 20.3. The molecule has 10 nitrogen and oxygen atoms in total. The Hall–Kier alpha value is -2.66. The van der Waals surface area contributed by atoms with Crippen LogP contribution in [-0.4, -0.2) is 57.2 Å². The lowest BCUT2D eigenvalue weighted by Crippen LogP contribution is -2.40. The molecule has 2 aromatic rings. The fraction of sp³-hybridized carbons (Fsp3) is 0.353. The molecule has 0 spiro atoms. The molecule has 1 aliphatic rings. The normalized spacial score (nSPS) is 24.1. The summed E-state index contributed by atoms with van der Waals surface area (Å²) >= 11 is 5.82. The summed E-state index contributed by atoms with van der Waals surface area (Å²) in [6.45, 7) is 0.0181. The summed E-state index contributed by atoms with van der Waals surface area (Å²) in [7, 11) is 0. The number of halogens is 1. The highest BCUT2D eigenvalue weighted by molar-refractivity contribution is 6.30. The molecule has 1 aliphatic heterocycles. The van der Waals surface area contributed by atoms with Crippen LogP contribution in [0.3, 0.4) is 0 Å². The molecule has 1 aromatic carbocycles. The zero-order valence-electron chi connectivity index (χ0n) is 14.7. The second-order valence-corrected chi connectivity index (χ2v) is 6.79. The van der Waals surface area contributed by atoms with Crippen LogP contribution in [0.2, 0.25) is 5.02 Å². The first-order valence-corrected chi connectivity index (χ1v) is 8.88. The van der Waals surface area contributed by atoms with Crippen molar-refractivity contribution in [3.63, 3.8) is 0 Å². The lowest BCUT2D eigenvalue weighted by molar-refractivity contribution is -0.121. The minimum atomic E-state index is -1.26. The number of aliphatic hydroxyl groups excluding tert-OH is 2. The highest BCUT2D eigenvalue weighted by Crippen LogP contribution is 2.26. The number of aromatic nitrogens is 2. The molecule has 150 valence electrons. The molecule has 1 fully saturated rings. The van der Waals surface area contributed by atoms with E-state index < -0.39 is 24.5 Å². The van der Waals surface area contributed by atoms with Gasteiger partial charge in [-0.05, 0) is 17.7 Å². The van der Waals surface area contributed by atoms with Gasteiger partial charge in [-0.25, -0.2) is 9.97 Å². The number of anilines is 3. The summed E-state index contributed by atoms with van der Waals surface area (Å²) in [5.74, 6) is 0.00422. The van der Waals surface area contributed by atoms with Crippen molar-refractivity contribution in [2.24, 2.45) is 0 Å². The predicted molar refractivity (Wildman–Crippen MR) is 103 cm³/mol. The molecule has 11 heteroatoms. The number of ether oxygens (including phenoxy) is 1. The van der Waals surface area contributed by atoms with Gasteiger partial charge in [-0.1, -0.05) is 23.7 Å². The summed E-state index contributed by atoms with van der Waals surface area (Å²) in [6.07, 6.45) is -2.91. The van der Waals surface area contributed by atoms with Crippen LogP contribution < -0.4 is 22.1 Å². The largest absolute Gasteiger partial charge is 0.393 e. The summed E-state index contributed by atoms with van der Waals surface area (Å²) in [5, 5.41) is 26.4. The van der Waals surface area contributed by atoms with Crippen molar-refractivity contribution in [2.45, 2.75) is 31.0 Å². The molecule has 4 atom stereocenters. The van der Waals surface area contributed by atoms with E-state index in [1.165, 1.54) is 6.33 Å². The molecule has 1 aromatic heterocycles. The van der Waals surface area contributed by atoms with Gasteiger partial charge in [0.2, 0.25) is 5.91 Å². The average Bonchev–Trinajstić information content (AvgIpc) is 2.93. The van der Waals surface area contributed by atoms with Gasteiger partial charge in [0.25, 0.3) is 0 Å². The van der Waals surface area contributed by atoms with E-state index in [1.54, 1.807) is 24.3 Å². The first-order chi connectivity index (χ1) is 13.3. The minimum absolute atomic E-state index is 0.0181. The molecule has 0 saturated carbocycles. The Morgan fingerprint density at radius 1 is 1.18 bits per heavy atom. The van der Waals surface area contributed by atoms with Gasteiger partial charge in [-0.3, -0.25) is 4.79 Å². The Kier molecular flexibility index (Phi) is 6.15. The van der Waals surface area contributed by atoms with Crippen molar-refractivity contribution in [2.75, 3.05) is 23.3 Å². The van der Waals surface area contributed by atoms with Crippen LogP contribution in [-0.2, 0) is 16.0 Å². The van der Waals surface area contributed by atoms with Crippen molar-refractivity contribution in [3.8, 4) is 0 Å². The molecule has 3 rings (SSSR count). The molecule has 8 N–H and O–H groups in total. The average molecular weight is 409 g/mol. The third-order valence-electron chi connectivity index (χ3n) is 4.33. The maximum absolute atomic E-state index is 12.1. The fourth-order valence-corrected chi connectivity index (χ4v) is 2.89. The fourth-order valence-electron chi connectivity index (χ4n) is 2.76. The van der Waals surface area contributed by atoms with Gasteiger partial charge in [0.15, 0.2) is 17.9 Å². The number of nitrogen functional groups attached to an aromatic ring is 2. The Labute approximate surface area is 165 Å². The number of amides is 1. The van der Waals surface area contributed by atoms with Crippen LogP contribution in [0.5, 0.6) is 0 Å². The van der Waals surface area contributed by atoms with Gasteiger partial charge >= 0.3 is 0 Å². The van der Waals surface area contributed by atoms with E-state index in [9.17, 15) is 15.0 Å². The van der Waals surface area contributed by atoms with E-state index in [1.807, 2.05) is 0 Å². The highest BCUT2D eigenvalue weighted by atomic mass is 35.5. The summed E-state index contributed by atoms with van der Waals surface area (Å²) < 4.78 is 5.60. The lowest BCUT2D eigenvalue weighted by atomic mass is 10.1. The van der Waals surface area contributed by atoms with E-state index in [4.69, 9.17) is 27.8 Å². The van der Waals surface area contributed by atoms with Gasteiger partial charge in [-0.15, -0.1) is 0 Å². The number of nitrogens with zero attached hydrogens (tertiary/aromatic N) is 2. The lowest BCUT2D eigenvalue weighted by Gasteiger charge is -2.18. The van der Waals surface area contributed by atoms with Crippen molar-refractivity contribution >= 4 is 34.8 Å². The quantitative estimate of drug-likeness (QED) is 0.369. The first-order valence-electron chi connectivity index (χ1n) is 8.50. The Morgan fingerprint density at radius 2 is 1.89 bits per heavy atom. The van der Waals surface area contributed by atoms with Gasteiger partial charge in [0.05, 0.1) is 6.42 Å². The third kappa shape index (κ3) is 4.60. The molecular formula is C17H21ClN6O4. The number of aliphatic hydroxyl groups is 2. The summed E-state index contributed by atoms with van der Waals surface area (Å²) in [4.78, 5) is 19.8. The monoisotopic (exact) mass is 408 g/mol. The molecule has 28 heavy (non-hydrogen) atoms. The number of nitrogens with one attached hydrogen (secondary N) is 2. The molecular weight excluding hydrogens is 388 g/mol. The zero-order valence-corrected chi connectivity index (χ0v) is 15.5.